The van der Waals surface area contributed by atoms with Gasteiger partial charge in [-0.1, -0.05) is 24.3 Å². The molecule has 0 heterocycles. The lowest BCUT2D eigenvalue weighted by Crippen LogP contribution is -2.42. The molecule has 4 aromatic carbocycles. The average Bonchev–Trinajstić information content (AvgIpc) is 1.01. The molecule has 29 nitrogen and oxygen atoms in total. The predicted octanol–water partition coefficient (Wildman–Crippen LogP) is 0.764. The minimum Gasteiger partial charge on any atom is -0.496 e. The molecule has 0 aliphatic rings. The van der Waals surface area contributed by atoms with E-state index < -0.39 is 59.4 Å². The van der Waals surface area contributed by atoms with E-state index in [4.69, 9.17) is 76.3 Å². The van der Waals surface area contributed by atoms with Crippen LogP contribution in [-0.4, -0.2) is 149 Å². The highest BCUT2D eigenvalue weighted by molar-refractivity contribution is 6.04. The van der Waals surface area contributed by atoms with E-state index in [2.05, 4.69) is 35.9 Å². The molecule has 0 aromatic heterocycles. The Morgan fingerprint density at radius 1 is 0.355 bits per heavy atom. The first-order valence-electron chi connectivity index (χ1n) is 30.4. The number of primary amides is 1. The lowest BCUT2D eigenvalue weighted by Gasteiger charge is -2.21. The molecule has 23 N–H and O–H groups in total. The monoisotopic (exact) mass is 1290 g/mol. The normalized spacial score (nSPS) is 12.1. The number of methoxy groups -OCH3 is 4. The maximum absolute atomic E-state index is 14.6. The molecular formula is C64H91N17O12. The van der Waals surface area contributed by atoms with Crippen molar-refractivity contribution in [3.63, 3.8) is 0 Å². The van der Waals surface area contributed by atoms with Gasteiger partial charge in [0, 0.05) is 51.9 Å². The number of ketones is 4. The van der Waals surface area contributed by atoms with Crippen molar-refractivity contribution in [3.8, 4) is 23.0 Å². The van der Waals surface area contributed by atoms with E-state index >= 15 is 0 Å². The molecule has 0 saturated heterocycles. The van der Waals surface area contributed by atoms with E-state index in [9.17, 15) is 38.4 Å². The number of carbonyl (C=O) groups is 8. The van der Waals surface area contributed by atoms with E-state index in [-0.39, 0.29) is 145 Å². The number of nitrogens with one attached hydrogen (secondary N) is 3. The second-order valence-corrected chi connectivity index (χ2v) is 22.0. The fraction of sp³-hybridized carbons (Fsp3) is 0.438. The zero-order valence-corrected chi connectivity index (χ0v) is 53.3. The summed E-state index contributed by atoms with van der Waals surface area (Å²) in [5.74, 6) is -3.98. The number of aliphatic imine (C=N–C) groups is 4. The van der Waals surface area contributed by atoms with Crippen LogP contribution in [0.2, 0.25) is 0 Å². The van der Waals surface area contributed by atoms with Crippen LogP contribution in [0.25, 0.3) is 0 Å². The smallest absolute Gasteiger partial charge is 0.255 e. The first-order chi connectivity index (χ1) is 44.4. The molecule has 93 heavy (non-hydrogen) atoms. The van der Waals surface area contributed by atoms with Crippen molar-refractivity contribution in [3.05, 3.63) is 117 Å². The van der Waals surface area contributed by atoms with Crippen LogP contribution in [0.15, 0.2) is 92.8 Å². The van der Waals surface area contributed by atoms with Gasteiger partial charge in [-0.25, -0.2) is 0 Å². The van der Waals surface area contributed by atoms with Gasteiger partial charge in [-0.15, -0.1) is 0 Å². The summed E-state index contributed by atoms with van der Waals surface area (Å²) in [5.41, 5.74) is 57.7. The summed E-state index contributed by atoms with van der Waals surface area (Å²) in [7, 11) is 5.48. The van der Waals surface area contributed by atoms with Gasteiger partial charge in [-0.3, -0.25) is 58.3 Å². The summed E-state index contributed by atoms with van der Waals surface area (Å²) in [6, 6.07) is 14.4. The maximum Gasteiger partial charge on any atom is 0.255 e. The molecule has 0 radical (unpaired) electrons. The number of hydrogen-bond donors (Lipinski definition) is 13. The summed E-state index contributed by atoms with van der Waals surface area (Å²) in [4.78, 5) is 128. The number of unbranched alkanes of at least 4 members (excludes halogenated alkanes) is 4. The summed E-state index contributed by atoms with van der Waals surface area (Å²) >= 11 is 0. The molecule has 0 fully saturated rings. The van der Waals surface area contributed by atoms with Gasteiger partial charge in [0.25, 0.3) is 23.6 Å². The second kappa shape index (κ2) is 39.1. The Morgan fingerprint density at radius 2 is 0.602 bits per heavy atom. The molecule has 0 aliphatic carbocycles. The Balaban J connectivity index is 1.61. The number of amides is 4. The lowest BCUT2D eigenvalue weighted by atomic mass is 9.95. The third-order valence-corrected chi connectivity index (χ3v) is 14.9. The molecule has 0 bridgehead atoms. The number of carbonyl (C=O) groups excluding carboxylic acids is 8. The number of hydrogen-bond acceptors (Lipinski definition) is 17. The SMILES string of the molecule is COc1ccc(CC(=O)[C@@H](CCCCN=C(N)N)NC(=O)c2cc(CC(=O)[C@@H](CCCCN=C(N)N)NC(=O)c3cc(CC(=O)[C@@H](CCCCN=C(N)N)NC(=O)c4cc(CC(=O)[C@H](N)CCCCN=C(N)N)ccc4OC)ccc3OC)ccc2OC)cc1C(N)=O. The fourth-order valence-electron chi connectivity index (χ4n) is 9.99. The minimum absolute atomic E-state index is 0.00629. The topological polar surface area (TPSA) is 519 Å². The number of benzene rings is 4. The van der Waals surface area contributed by atoms with Gasteiger partial charge in [0.05, 0.1) is 74.9 Å². The van der Waals surface area contributed by atoms with Gasteiger partial charge >= 0.3 is 0 Å². The maximum atomic E-state index is 14.6. The van der Waals surface area contributed by atoms with Crippen LogP contribution in [0.3, 0.4) is 0 Å². The van der Waals surface area contributed by atoms with E-state index in [1.54, 1.807) is 30.3 Å². The highest BCUT2D eigenvalue weighted by Crippen LogP contribution is 2.27. The van der Waals surface area contributed by atoms with Gasteiger partial charge in [0.2, 0.25) is 0 Å². The van der Waals surface area contributed by atoms with Gasteiger partial charge in [0.15, 0.2) is 47.0 Å². The molecule has 0 saturated carbocycles. The van der Waals surface area contributed by atoms with Crippen molar-refractivity contribution < 1.29 is 57.3 Å². The zero-order valence-electron chi connectivity index (χ0n) is 53.3. The Labute approximate surface area is 541 Å². The Bertz CT molecular complexity index is 3360. The van der Waals surface area contributed by atoms with Crippen LogP contribution in [0.4, 0.5) is 0 Å². The Kier molecular flexibility index (Phi) is 31.6. The summed E-state index contributed by atoms with van der Waals surface area (Å²) in [6.07, 6.45) is 3.89. The van der Waals surface area contributed by atoms with Crippen LogP contribution in [0.5, 0.6) is 23.0 Å². The van der Waals surface area contributed by atoms with Crippen LogP contribution in [-0.2, 0) is 44.9 Å². The molecule has 4 aromatic rings. The van der Waals surface area contributed by atoms with Gasteiger partial charge in [0.1, 0.15) is 23.0 Å². The quantitative estimate of drug-likeness (QED) is 0.0165. The van der Waals surface area contributed by atoms with Crippen molar-refractivity contribution in [1.82, 2.24) is 16.0 Å². The van der Waals surface area contributed by atoms with Gasteiger partial charge in [-0.2, -0.15) is 0 Å². The number of nitrogens with two attached hydrogens (primary N) is 10. The van der Waals surface area contributed by atoms with Crippen LogP contribution in [0, 0.1) is 0 Å². The zero-order chi connectivity index (χ0) is 68.6. The number of guanidine groups is 4. The van der Waals surface area contributed by atoms with Crippen LogP contribution >= 0.6 is 0 Å². The first-order valence-corrected chi connectivity index (χ1v) is 30.4. The van der Waals surface area contributed by atoms with E-state index in [1.807, 2.05) is 0 Å². The van der Waals surface area contributed by atoms with E-state index in [1.165, 1.54) is 70.9 Å². The van der Waals surface area contributed by atoms with E-state index in [0.29, 0.717) is 86.6 Å². The minimum atomic E-state index is -1.13. The Hall–Kier alpha value is -10.3. The fourth-order valence-corrected chi connectivity index (χ4v) is 9.99. The molecule has 4 rings (SSSR count). The molecule has 0 unspecified atom stereocenters. The standard InChI is InChI=1S/C64H91N17O12/c1-90-53-21-17-37(29-41(53)57(66)86)34-50(83)46(14-6-10-26-76-62(69)70)79-59(88)43-31-39(19-23-55(43)92-3)36-52(85)48(16-8-12-28-78-64(73)74)81-60(89)44-32-40(20-24-56(44)93-4)35-51(84)47(15-7-11-27-77-63(71)72)80-58(87)42-30-38(18-22-54(42)91-2)33-49(82)45(65)13-5-9-25-75-61(67)68/h17-24,29-32,45-48H,5-16,25-28,33-36,65H2,1-4H3,(H2,66,86)(H,79,88)(H,80,87)(H,81,89)(H4,67,68,75)(H4,69,70,76)(H4,71,72,77)(H4,73,74,78)/t45-,46-,47-,48-/m1/s1. The highest BCUT2D eigenvalue weighted by Gasteiger charge is 2.29. The molecule has 4 amide bonds. The van der Waals surface area contributed by atoms with Crippen LogP contribution in [0.1, 0.15) is 141 Å². The summed E-state index contributed by atoms with van der Waals surface area (Å²) in [5, 5.41) is 8.58. The lowest BCUT2D eigenvalue weighted by molar-refractivity contribution is -0.121. The summed E-state index contributed by atoms with van der Waals surface area (Å²) in [6.45, 7) is 1.19. The third kappa shape index (κ3) is 25.8. The third-order valence-electron chi connectivity index (χ3n) is 14.9. The van der Waals surface area contributed by atoms with Crippen molar-refractivity contribution in [2.45, 2.75) is 127 Å². The molecule has 4 atom stereocenters. The largest absolute Gasteiger partial charge is 0.496 e. The van der Waals surface area contributed by atoms with Crippen molar-refractivity contribution in [2.75, 3.05) is 54.6 Å². The van der Waals surface area contributed by atoms with Crippen molar-refractivity contribution >= 4 is 70.6 Å². The van der Waals surface area contributed by atoms with E-state index in [0.717, 1.165) is 0 Å². The van der Waals surface area contributed by atoms with Crippen molar-refractivity contribution in [1.29, 1.82) is 0 Å². The first kappa shape index (κ1) is 75.1. The predicted molar refractivity (Wildman–Crippen MR) is 355 cm³/mol. The molecular weight excluding hydrogens is 1200 g/mol. The number of Topliss-reactive ketones (excluding diaryl/α,β-unsaturated/α-hetero) is 4. The number of ether oxygens (including phenoxy) is 4. The Morgan fingerprint density at radius 3 is 0.860 bits per heavy atom. The van der Waals surface area contributed by atoms with Crippen LogP contribution < -0.4 is 92.2 Å². The number of nitrogens with zero attached hydrogens (tertiary/aromatic N) is 4. The number of rotatable bonds is 43. The van der Waals surface area contributed by atoms with Gasteiger partial charge in [-0.05, 0) is 148 Å². The molecule has 29 heteroatoms. The van der Waals surface area contributed by atoms with Crippen molar-refractivity contribution in [2.24, 2.45) is 77.3 Å². The highest BCUT2D eigenvalue weighted by atomic mass is 16.5. The molecule has 504 valence electrons. The molecule has 0 aliphatic heterocycles. The average molecular weight is 1290 g/mol. The molecule has 0 spiro atoms. The van der Waals surface area contributed by atoms with Gasteiger partial charge < -0.3 is 92.2 Å². The summed E-state index contributed by atoms with van der Waals surface area (Å²) < 4.78 is 22.0. The second-order valence-electron chi connectivity index (χ2n) is 22.0.